The molecule has 0 aliphatic heterocycles. The lowest BCUT2D eigenvalue weighted by molar-refractivity contribution is -0.146. The van der Waals surface area contributed by atoms with Gasteiger partial charge in [-0.25, -0.2) is 0 Å². The second kappa shape index (κ2) is 8.52. The molecule has 0 aliphatic rings. The summed E-state index contributed by atoms with van der Waals surface area (Å²) < 4.78 is 5.27. The average Bonchev–Trinajstić information content (AvgIpc) is 2.37. The van der Waals surface area contributed by atoms with Crippen molar-refractivity contribution < 1.29 is 9.53 Å². The van der Waals surface area contributed by atoms with Gasteiger partial charge in [-0.15, -0.1) is 0 Å². The Morgan fingerprint density at radius 2 is 1.95 bits per heavy atom. The zero-order valence-electron chi connectivity index (χ0n) is 12.2. The Balaban J connectivity index is 2.22. The molecule has 0 saturated carbocycles. The van der Waals surface area contributed by atoms with Gasteiger partial charge in [0.1, 0.15) is 6.61 Å². The van der Waals surface area contributed by atoms with E-state index < -0.39 is 0 Å². The lowest BCUT2D eigenvalue weighted by atomic mass is 10.0. The fourth-order valence-corrected chi connectivity index (χ4v) is 1.84. The zero-order valence-corrected chi connectivity index (χ0v) is 12.2. The Kier molecular flexibility index (Phi) is 6.94. The summed E-state index contributed by atoms with van der Waals surface area (Å²) in [5.74, 6) is 0.271. The van der Waals surface area contributed by atoms with Crippen molar-refractivity contribution in [1.82, 2.24) is 0 Å². The van der Waals surface area contributed by atoms with Crippen LogP contribution in [0.25, 0.3) is 0 Å². The molecule has 2 nitrogen and oxygen atoms in total. The molecular weight excluding hydrogens is 236 g/mol. The van der Waals surface area contributed by atoms with Gasteiger partial charge in [-0.3, -0.25) is 4.79 Å². The van der Waals surface area contributed by atoms with Crippen LogP contribution < -0.4 is 0 Å². The third-order valence-corrected chi connectivity index (χ3v) is 2.97. The van der Waals surface area contributed by atoms with Crippen LogP contribution in [-0.2, 0) is 16.1 Å². The number of benzene rings is 1. The monoisotopic (exact) mass is 260 g/mol. The van der Waals surface area contributed by atoms with Crippen molar-refractivity contribution in [1.29, 1.82) is 0 Å². The van der Waals surface area contributed by atoms with Crippen LogP contribution in [0.3, 0.4) is 0 Å². The third-order valence-electron chi connectivity index (χ3n) is 2.97. The molecule has 0 fully saturated rings. The van der Waals surface area contributed by atoms with E-state index in [4.69, 9.17) is 4.74 Å². The van der Waals surface area contributed by atoms with E-state index >= 15 is 0 Å². The Hall–Kier alpha value is -1.57. The van der Waals surface area contributed by atoms with Gasteiger partial charge in [0.25, 0.3) is 0 Å². The first-order chi connectivity index (χ1) is 9.08. The van der Waals surface area contributed by atoms with Gasteiger partial charge in [-0.2, -0.15) is 0 Å². The summed E-state index contributed by atoms with van der Waals surface area (Å²) in [7, 11) is 0. The molecule has 0 heterocycles. The van der Waals surface area contributed by atoms with Crippen LogP contribution in [-0.4, -0.2) is 5.97 Å². The van der Waals surface area contributed by atoms with Gasteiger partial charge in [0.2, 0.25) is 0 Å². The molecule has 0 aromatic heterocycles. The normalized spacial score (nSPS) is 11.7. The Morgan fingerprint density at radius 1 is 1.26 bits per heavy atom. The number of ether oxygens (including phenoxy) is 1. The number of carbonyl (C=O) groups is 1. The van der Waals surface area contributed by atoms with Gasteiger partial charge in [0.15, 0.2) is 0 Å². The quantitative estimate of drug-likeness (QED) is 0.533. The van der Waals surface area contributed by atoms with Crippen LogP contribution in [0.5, 0.6) is 0 Å². The van der Waals surface area contributed by atoms with E-state index in [2.05, 4.69) is 26.8 Å². The number of esters is 1. The van der Waals surface area contributed by atoms with Crippen molar-refractivity contribution >= 4 is 5.97 Å². The molecule has 0 amide bonds. The molecule has 0 bridgehead atoms. The molecule has 0 unspecified atom stereocenters. The summed E-state index contributed by atoms with van der Waals surface area (Å²) in [6.07, 6.45) is 4.79. The maximum absolute atomic E-state index is 11.7. The Bertz CT molecular complexity index is 403. The summed E-state index contributed by atoms with van der Waals surface area (Å²) in [6.45, 7) is 6.67. The molecule has 2 heteroatoms. The van der Waals surface area contributed by atoms with E-state index in [1.54, 1.807) is 0 Å². The number of hydrogen-bond donors (Lipinski definition) is 0. The minimum absolute atomic E-state index is 0.103. The minimum Gasteiger partial charge on any atom is -0.461 e. The third kappa shape index (κ3) is 7.45. The zero-order chi connectivity index (χ0) is 14.1. The van der Waals surface area contributed by atoms with Crippen LogP contribution in [0.2, 0.25) is 0 Å². The molecule has 104 valence electrons. The topological polar surface area (TPSA) is 26.3 Å². The maximum Gasteiger partial charge on any atom is 0.306 e. The van der Waals surface area contributed by atoms with Gasteiger partial charge in [0, 0.05) is 6.42 Å². The van der Waals surface area contributed by atoms with Gasteiger partial charge in [-0.05, 0) is 38.2 Å². The molecule has 1 atom stereocenters. The van der Waals surface area contributed by atoms with Crippen molar-refractivity contribution in [3.63, 3.8) is 0 Å². The van der Waals surface area contributed by atoms with Crippen molar-refractivity contribution in [2.45, 2.75) is 46.6 Å². The molecule has 0 saturated heterocycles. The number of carbonyl (C=O) groups excluding carboxylic acids is 1. The number of hydrogen-bond acceptors (Lipinski definition) is 2. The molecule has 1 aromatic carbocycles. The standard InChI is InChI=1S/C17H24O2/c1-14(2)8-7-9-15(3)12-17(18)19-13-16-10-5-4-6-11-16/h4-6,8,10-11,15H,7,9,12-13H2,1-3H3/t15-/m1/s1. The first-order valence-corrected chi connectivity index (χ1v) is 6.91. The highest BCUT2D eigenvalue weighted by atomic mass is 16.5. The molecule has 0 spiro atoms. The first-order valence-electron chi connectivity index (χ1n) is 6.91. The number of allylic oxidation sites excluding steroid dienone is 2. The van der Waals surface area contributed by atoms with E-state index in [1.165, 1.54) is 5.57 Å². The van der Waals surface area contributed by atoms with Gasteiger partial charge < -0.3 is 4.74 Å². The van der Waals surface area contributed by atoms with E-state index in [9.17, 15) is 4.79 Å². The fraction of sp³-hybridized carbons (Fsp3) is 0.471. The summed E-state index contributed by atoms with van der Waals surface area (Å²) in [4.78, 5) is 11.7. The summed E-state index contributed by atoms with van der Waals surface area (Å²) in [6, 6.07) is 9.78. The Labute approximate surface area is 116 Å². The molecule has 0 radical (unpaired) electrons. The lowest BCUT2D eigenvalue weighted by Gasteiger charge is -2.10. The van der Waals surface area contributed by atoms with Crippen molar-refractivity contribution in [3.05, 3.63) is 47.5 Å². The maximum atomic E-state index is 11.7. The Morgan fingerprint density at radius 3 is 2.58 bits per heavy atom. The largest absolute Gasteiger partial charge is 0.461 e. The molecule has 19 heavy (non-hydrogen) atoms. The molecular formula is C17H24O2. The van der Waals surface area contributed by atoms with Crippen molar-refractivity contribution in [3.8, 4) is 0 Å². The van der Waals surface area contributed by atoms with E-state index in [0.717, 1.165) is 18.4 Å². The predicted octanol–water partition coefficient (Wildman–Crippen LogP) is 4.50. The predicted molar refractivity (Wildman–Crippen MR) is 78.7 cm³/mol. The van der Waals surface area contributed by atoms with Gasteiger partial charge in [0.05, 0.1) is 0 Å². The smallest absolute Gasteiger partial charge is 0.306 e. The van der Waals surface area contributed by atoms with Gasteiger partial charge in [-0.1, -0.05) is 48.9 Å². The fourth-order valence-electron chi connectivity index (χ4n) is 1.84. The van der Waals surface area contributed by atoms with E-state index in [1.807, 2.05) is 30.3 Å². The highest BCUT2D eigenvalue weighted by Crippen LogP contribution is 2.13. The van der Waals surface area contributed by atoms with Crippen molar-refractivity contribution in [2.75, 3.05) is 0 Å². The summed E-state index contributed by atoms with van der Waals surface area (Å²) >= 11 is 0. The highest BCUT2D eigenvalue weighted by molar-refractivity contribution is 5.69. The van der Waals surface area contributed by atoms with Crippen LogP contribution in [0.1, 0.15) is 45.6 Å². The van der Waals surface area contributed by atoms with Crippen LogP contribution in [0.4, 0.5) is 0 Å². The second-order valence-electron chi connectivity index (χ2n) is 5.31. The first kappa shape index (κ1) is 15.5. The summed E-state index contributed by atoms with van der Waals surface area (Å²) in [5.41, 5.74) is 2.37. The lowest BCUT2D eigenvalue weighted by Crippen LogP contribution is -2.09. The second-order valence-corrected chi connectivity index (χ2v) is 5.31. The van der Waals surface area contributed by atoms with E-state index in [-0.39, 0.29) is 5.97 Å². The van der Waals surface area contributed by atoms with Crippen LogP contribution in [0.15, 0.2) is 42.0 Å². The SMILES string of the molecule is CC(C)=CCC[C@@H](C)CC(=O)OCc1ccccc1. The number of rotatable bonds is 7. The minimum atomic E-state index is -0.103. The average molecular weight is 260 g/mol. The van der Waals surface area contributed by atoms with E-state index in [0.29, 0.717) is 18.9 Å². The summed E-state index contributed by atoms with van der Waals surface area (Å²) in [5, 5.41) is 0. The molecule has 0 aliphatic carbocycles. The van der Waals surface area contributed by atoms with Gasteiger partial charge >= 0.3 is 5.97 Å². The molecule has 1 aromatic rings. The van der Waals surface area contributed by atoms with Crippen LogP contribution >= 0.6 is 0 Å². The highest BCUT2D eigenvalue weighted by Gasteiger charge is 2.09. The van der Waals surface area contributed by atoms with Crippen LogP contribution in [0, 0.1) is 5.92 Å². The van der Waals surface area contributed by atoms with Crippen molar-refractivity contribution in [2.24, 2.45) is 5.92 Å². The molecule has 0 N–H and O–H groups in total. The molecule has 1 rings (SSSR count).